The van der Waals surface area contributed by atoms with E-state index in [1.165, 1.54) is 33.7 Å². The number of carbonyl (C=O) groups excluding carboxylic acids is 8. The molecule has 12 atom stereocenters. The minimum Gasteiger partial charge on any atom is -0.444 e. The minimum absolute atomic E-state index is 0.00835. The third kappa shape index (κ3) is 14.6. The standard InChI is InChI=1S/C64H86N8O14/c1-37(69(13)59(79)85-61(3,4)5)53(73)65-43-27-31-83-47-35-63(9,10)51(71(47)57(43)77)55(75)67-49-41-25-19-17-23-39(41)33-45(49)81-29-21-15-16-22-30-82-46-34-40-24-18-20-26-42(40)50(46)68-56(76)52-64(11,12)36-48-72(52)58(78)44(28-32-84-48)66-54(74)38(2)70(14)60(80)86-62(6,7)8/h17-20,23-26,37-38,43-52H,27-36H2,1-14H3,(H,65,73)(H,66,74)(H,67,75)(H,68,76)/t37-,38-,43-,44-,45+,46+,47-,48-,49-,50-,51+,52+/m0/s1. The van der Waals surface area contributed by atoms with Crippen molar-refractivity contribution in [2.45, 2.75) is 206 Å². The van der Waals surface area contributed by atoms with Gasteiger partial charge in [-0.2, -0.15) is 0 Å². The Bertz CT molecular complexity index is 2850. The van der Waals surface area contributed by atoms with Gasteiger partial charge in [-0.15, -0.1) is 0 Å². The molecule has 2 aromatic carbocycles. The van der Waals surface area contributed by atoms with E-state index in [2.05, 4.69) is 44.9 Å². The highest BCUT2D eigenvalue weighted by Gasteiger charge is 2.57. The highest BCUT2D eigenvalue weighted by atomic mass is 16.6. The predicted octanol–water partition coefficient (Wildman–Crippen LogP) is 4.82. The maximum atomic E-state index is 14.7. The molecule has 22 nitrogen and oxygen atoms in total. The molecule has 4 aliphatic heterocycles. The van der Waals surface area contributed by atoms with Crippen LogP contribution in [0.2, 0.25) is 0 Å². The van der Waals surface area contributed by atoms with Crippen LogP contribution >= 0.6 is 0 Å². The van der Waals surface area contributed by atoms with Crippen LogP contribution in [0.5, 0.6) is 0 Å². The van der Waals surface area contributed by atoms with Gasteiger partial charge in [0.1, 0.15) is 73.1 Å². The number of ether oxygens (including phenoxy) is 6. The second-order valence-electron chi connectivity index (χ2n) is 26.6. The predicted molar refractivity (Wildman–Crippen MR) is 315 cm³/mol. The number of rotatable bonds is 14. The molecule has 8 amide bonds. The van der Waals surface area contributed by atoms with Gasteiger partial charge in [0.25, 0.3) is 0 Å². The number of benzene rings is 2. The van der Waals surface area contributed by atoms with Crippen LogP contribution < -0.4 is 21.3 Å². The van der Waals surface area contributed by atoms with Crippen LogP contribution in [0.4, 0.5) is 9.59 Å². The SMILES string of the molecule is C[C@@H](C(=O)N[C@H]1CCO[C@H]2CC(C)(C)[C@@H](C(=O)N[C@H]3c4ccccc4C[C@H]3OCC#CC#CCO[C@@H]3Cc4ccccc4[C@@H]3NC(=O)[C@H]3N4C(=O)[C@@H](NC(=O)[C@H](C)N(C)C(=O)OC(C)(C)C)CCO[C@H]4CC3(C)C)N2C1=O)N(C)C(=O)OC(C)(C)C. The molecule has 86 heavy (non-hydrogen) atoms. The molecule has 0 spiro atoms. The van der Waals surface area contributed by atoms with Crippen molar-refractivity contribution < 1.29 is 66.8 Å². The first-order valence-corrected chi connectivity index (χ1v) is 29.7. The summed E-state index contributed by atoms with van der Waals surface area (Å²) >= 11 is 0. The molecule has 6 aliphatic rings. The van der Waals surface area contributed by atoms with Crippen molar-refractivity contribution in [2.24, 2.45) is 10.8 Å². The van der Waals surface area contributed by atoms with Crippen LogP contribution in [0.25, 0.3) is 0 Å². The van der Waals surface area contributed by atoms with Crippen molar-refractivity contribution in [3.63, 3.8) is 0 Å². The zero-order valence-electron chi connectivity index (χ0n) is 52.1. The van der Waals surface area contributed by atoms with Crippen molar-refractivity contribution in [1.82, 2.24) is 40.9 Å². The first-order chi connectivity index (χ1) is 40.4. The van der Waals surface area contributed by atoms with Crippen LogP contribution in [0.3, 0.4) is 0 Å². The lowest BCUT2D eigenvalue weighted by Gasteiger charge is -2.35. The maximum absolute atomic E-state index is 14.7. The summed E-state index contributed by atoms with van der Waals surface area (Å²) in [7, 11) is 2.91. The van der Waals surface area contributed by atoms with E-state index in [4.69, 9.17) is 28.4 Å². The van der Waals surface area contributed by atoms with Gasteiger partial charge in [0, 0.05) is 39.8 Å². The smallest absolute Gasteiger partial charge is 0.410 e. The molecule has 0 radical (unpaired) electrons. The van der Waals surface area contributed by atoms with Crippen molar-refractivity contribution >= 4 is 47.6 Å². The van der Waals surface area contributed by atoms with Gasteiger partial charge in [0.05, 0.1) is 37.5 Å². The van der Waals surface area contributed by atoms with Gasteiger partial charge in [-0.25, -0.2) is 9.59 Å². The molecule has 466 valence electrons. The summed E-state index contributed by atoms with van der Waals surface area (Å²) in [5.41, 5.74) is 0.754. The number of hydrogen-bond donors (Lipinski definition) is 4. The van der Waals surface area contributed by atoms with Crippen molar-refractivity contribution in [2.75, 3.05) is 40.5 Å². The highest BCUT2D eigenvalue weighted by molar-refractivity contribution is 5.96. The average molecular weight is 1190 g/mol. The molecule has 8 rings (SSSR count). The monoisotopic (exact) mass is 1190 g/mol. The lowest BCUT2D eigenvalue weighted by Crippen LogP contribution is -2.59. The van der Waals surface area contributed by atoms with Crippen LogP contribution in [-0.2, 0) is 70.0 Å². The first-order valence-electron chi connectivity index (χ1n) is 29.7. The van der Waals surface area contributed by atoms with Gasteiger partial charge in [0.2, 0.25) is 35.4 Å². The molecule has 4 N–H and O–H groups in total. The van der Waals surface area contributed by atoms with Crippen molar-refractivity contribution in [3.8, 4) is 23.7 Å². The Hall–Kier alpha value is -7.24. The molecule has 2 aliphatic carbocycles. The number of likely N-dealkylation sites (N-methyl/N-ethyl adjacent to an activating group) is 2. The van der Waals surface area contributed by atoms with Crippen molar-refractivity contribution in [1.29, 1.82) is 0 Å². The van der Waals surface area contributed by atoms with E-state index in [-0.39, 0.29) is 39.3 Å². The van der Waals surface area contributed by atoms with E-state index < -0.39 is 143 Å². The van der Waals surface area contributed by atoms with E-state index in [1.54, 1.807) is 55.4 Å². The second-order valence-corrected chi connectivity index (χ2v) is 26.6. The topological polar surface area (TPSA) is 253 Å². The third-order valence-electron chi connectivity index (χ3n) is 17.0. The zero-order valence-corrected chi connectivity index (χ0v) is 52.1. The van der Waals surface area contributed by atoms with E-state index in [9.17, 15) is 38.4 Å². The van der Waals surface area contributed by atoms with Gasteiger partial charge in [0.15, 0.2) is 0 Å². The summed E-state index contributed by atoms with van der Waals surface area (Å²) in [5, 5.41) is 12.1. The number of amides is 8. The lowest BCUT2D eigenvalue weighted by atomic mass is 9.83. The minimum atomic E-state index is -1.01. The van der Waals surface area contributed by atoms with E-state index in [0.717, 1.165) is 22.3 Å². The summed E-state index contributed by atoms with van der Waals surface area (Å²) in [5.74, 6) is 8.84. The molecule has 0 unspecified atom stereocenters. The summed E-state index contributed by atoms with van der Waals surface area (Å²) in [4.78, 5) is 116. The number of nitrogens with one attached hydrogen (secondary N) is 4. The number of hydrogen-bond acceptors (Lipinski definition) is 14. The van der Waals surface area contributed by atoms with Crippen LogP contribution in [0.15, 0.2) is 48.5 Å². The van der Waals surface area contributed by atoms with Crippen molar-refractivity contribution in [3.05, 3.63) is 70.8 Å². The molecular weight excluding hydrogens is 1100 g/mol. The number of fused-ring (bicyclic) bond motifs is 4. The maximum Gasteiger partial charge on any atom is 0.410 e. The summed E-state index contributed by atoms with van der Waals surface area (Å²) in [6.45, 7) is 21.4. The normalized spacial score (nSPS) is 26.9. The Morgan fingerprint density at radius 3 is 1.33 bits per heavy atom. The molecule has 0 aromatic heterocycles. The van der Waals surface area contributed by atoms with Crippen LogP contribution in [-0.4, -0.2) is 180 Å². The number of carbonyl (C=O) groups is 8. The van der Waals surface area contributed by atoms with E-state index >= 15 is 0 Å². The Kier molecular flexibility index (Phi) is 19.6. The van der Waals surface area contributed by atoms with Gasteiger partial charge in [-0.3, -0.25) is 38.6 Å². The average Bonchev–Trinajstić information content (AvgIpc) is 1.70. The second kappa shape index (κ2) is 26.0. The molecule has 0 saturated carbocycles. The first kappa shape index (κ1) is 64.8. The van der Waals surface area contributed by atoms with Gasteiger partial charge in [-0.1, -0.05) is 88.1 Å². The highest BCUT2D eigenvalue weighted by Crippen LogP contribution is 2.45. The lowest BCUT2D eigenvalue weighted by molar-refractivity contribution is -0.150. The van der Waals surface area contributed by atoms with Gasteiger partial charge < -0.3 is 59.5 Å². The Labute approximate surface area is 505 Å². The Morgan fingerprint density at radius 1 is 0.605 bits per heavy atom. The quantitative estimate of drug-likeness (QED) is 0.185. The molecule has 4 saturated heterocycles. The third-order valence-corrected chi connectivity index (χ3v) is 17.0. The Morgan fingerprint density at radius 2 is 0.965 bits per heavy atom. The van der Waals surface area contributed by atoms with E-state index in [1.807, 2.05) is 76.2 Å². The Balaban J connectivity index is 0.878. The fourth-order valence-corrected chi connectivity index (χ4v) is 12.3. The molecule has 22 heteroatoms. The molecule has 2 aromatic rings. The van der Waals surface area contributed by atoms with Gasteiger partial charge in [-0.05, 0) is 113 Å². The molecule has 4 heterocycles. The van der Waals surface area contributed by atoms with Gasteiger partial charge >= 0.3 is 12.2 Å². The van der Waals surface area contributed by atoms with E-state index in [0.29, 0.717) is 25.7 Å². The largest absolute Gasteiger partial charge is 0.444 e. The molecule has 4 fully saturated rings. The van der Waals surface area contributed by atoms with Crippen LogP contribution in [0.1, 0.15) is 143 Å². The fourth-order valence-electron chi connectivity index (χ4n) is 12.3. The molecular formula is C64H86N8O14. The number of nitrogens with zero attached hydrogens (tertiary/aromatic N) is 4. The molecule has 0 bridgehead atoms. The summed E-state index contributed by atoms with van der Waals surface area (Å²) in [6.07, 6.45) is -1.71. The van der Waals surface area contributed by atoms with Crippen LogP contribution in [0, 0.1) is 34.5 Å². The summed E-state index contributed by atoms with van der Waals surface area (Å²) in [6, 6.07) is 8.44. The fraction of sp³-hybridized carbons (Fsp3) is 0.625. The summed E-state index contributed by atoms with van der Waals surface area (Å²) < 4.78 is 36.0. The zero-order chi connectivity index (χ0) is 62.8.